The summed E-state index contributed by atoms with van der Waals surface area (Å²) in [5, 5.41) is 15.0. The molecule has 2 aromatic rings. The minimum atomic E-state index is 0.329. The number of nitrogens with one attached hydrogen (secondary N) is 1. The third-order valence-corrected chi connectivity index (χ3v) is 2.81. The first kappa shape index (κ1) is 13.5. The molecule has 0 fully saturated rings. The van der Waals surface area contributed by atoms with Gasteiger partial charge in [0.05, 0.1) is 7.05 Å². The van der Waals surface area contributed by atoms with E-state index < -0.39 is 0 Å². The maximum Gasteiger partial charge on any atom is 0.212 e. The van der Waals surface area contributed by atoms with Gasteiger partial charge in [-0.25, -0.2) is 0 Å². The van der Waals surface area contributed by atoms with Crippen LogP contribution in [-0.2, 0) is 13.7 Å². The van der Waals surface area contributed by atoms with Crippen molar-refractivity contribution in [1.29, 1.82) is 0 Å². The first-order chi connectivity index (χ1) is 9.19. The molecule has 1 aromatic heterocycles. The fourth-order valence-electron chi connectivity index (χ4n) is 1.81. The average molecular weight is 261 g/mol. The van der Waals surface area contributed by atoms with Crippen molar-refractivity contribution >= 4 is 0 Å². The molecule has 0 saturated carbocycles. The van der Waals surface area contributed by atoms with Gasteiger partial charge < -0.3 is 10.1 Å². The Kier molecular flexibility index (Phi) is 4.46. The molecule has 0 spiro atoms. The molecular weight excluding hydrogens is 242 g/mol. The van der Waals surface area contributed by atoms with Crippen LogP contribution in [0.15, 0.2) is 24.3 Å². The van der Waals surface area contributed by atoms with Gasteiger partial charge in [-0.3, -0.25) is 0 Å². The molecule has 1 heterocycles. The van der Waals surface area contributed by atoms with Crippen LogP contribution in [0.3, 0.4) is 0 Å². The molecule has 1 atom stereocenters. The van der Waals surface area contributed by atoms with Crippen LogP contribution in [0.4, 0.5) is 0 Å². The third-order valence-electron chi connectivity index (χ3n) is 2.81. The highest BCUT2D eigenvalue weighted by Crippen LogP contribution is 2.17. The van der Waals surface area contributed by atoms with Gasteiger partial charge in [-0.1, -0.05) is 19.1 Å². The van der Waals surface area contributed by atoms with Crippen LogP contribution in [-0.4, -0.2) is 26.8 Å². The second-order valence-corrected chi connectivity index (χ2v) is 4.33. The molecule has 0 aliphatic rings. The summed E-state index contributed by atoms with van der Waals surface area (Å²) in [6.07, 6.45) is 0. The van der Waals surface area contributed by atoms with E-state index in [2.05, 4.69) is 46.7 Å². The topological polar surface area (TPSA) is 64.9 Å². The standard InChI is InChI=1S/C13H19N5O/c1-4-14-10(2)11-5-7-12(8-6-11)19-9-13-15-17-18(3)16-13/h5-8,10,14H,4,9H2,1-3H3. The predicted molar refractivity (Wildman–Crippen MR) is 71.7 cm³/mol. The van der Waals surface area contributed by atoms with Crippen LogP contribution in [0.5, 0.6) is 5.75 Å². The van der Waals surface area contributed by atoms with E-state index in [1.165, 1.54) is 10.4 Å². The number of hydrogen-bond acceptors (Lipinski definition) is 5. The Bertz CT molecular complexity index is 508. The SMILES string of the molecule is CCNC(C)c1ccc(OCc2nnn(C)n2)cc1. The Morgan fingerprint density at radius 3 is 2.63 bits per heavy atom. The molecule has 0 radical (unpaired) electrons. The Morgan fingerprint density at radius 1 is 1.32 bits per heavy atom. The number of nitrogens with zero attached hydrogens (tertiary/aromatic N) is 4. The van der Waals surface area contributed by atoms with Crippen molar-refractivity contribution in [3.8, 4) is 5.75 Å². The van der Waals surface area contributed by atoms with E-state index in [1.54, 1.807) is 7.05 Å². The van der Waals surface area contributed by atoms with Gasteiger partial charge in [0.25, 0.3) is 0 Å². The second-order valence-electron chi connectivity index (χ2n) is 4.33. The highest BCUT2D eigenvalue weighted by molar-refractivity contribution is 5.28. The summed E-state index contributed by atoms with van der Waals surface area (Å²) in [7, 11) is 1.73. The van der Waals surface area contributed by atoms with Crippen LogP contribution < -0.4 is 10.1 Å². The van der Waals surface area contributed by atoms with E-state index in [-0.39, 0.29) is 0 Å². The smallest absolute Gasteiger partial charge is 0.212 e. The fraction of sp³-hybridized carbons (Fsp3) is 0.462. The summed E-state index contributed by atoms with van der Waals surface area (Å²) in [4.78, 5) is 1.42. The van der Waals surface area contributed by atoms with Gasteiger partial charge in [0, 0.05) is 6.04 Å². The van der Waals surface area contributed by atoms with E-state index in [1.807, 2.05) is 12.1 Å². The predicted octanol–water partition coefficient (Wildman–Crippen LogP) is 1.46. The second kappa shape index (κ2) is 6.29. The number of aryl methyl sites for hydroxylation is 1. The number of benzene rings is 1. The van der Waals surface area contributed by atoms with Gasteiger partial charge in [0.15, 0.2) is 6.61 Å². The molecule has 0 amide bonds. The lowest BCUT2D eigenvalue weighted by molar-refractivity contribution is 0.295. The minimum Gasteiger partial charge on any atom is -0.485 e. The van der Waals surface area contributed by atoms with Crippen molar-refractivity contribution in [2.45, 2.75) is 26.5 Å². The lowest BCUT2D eigenvalue weighted by Gasteiger charge is -2.13. The van der Waals surface area contributed by atoms with Crippen LogP contribution in [0.25, 0.3) is 0 Å². The minimum absolute atomic E-state index is 0.329. The van der Waals surface area contributed by atoms with Crippen LogP contribution in [0.2, 0.25) is 0 Å². The summed E-state index contributed by atoms with van der Waals surface area (Å²) < 4.78 is 5.60. The van der Waals surface area contributed by atoms with Gasteiger partial charge in [-0.2, -0.15) is 4.80 Å². The Morgan fingerprint density at radius 2 is 2.05 bits per heavy atom. The van der Waals surface area contributed by atoms with E-state index in [0.29, 0.717) is 18.5 Å². The van der Waals surface area contributed by atoms with E-state index >= 15 is 0 Å². The van der Waals surface area contributed by atoms with Crippen LogP contribution in [0, 0.1) is 0 Å². The molecule has 1 aromatic carbocycles. The van der Waals surface area contributed by atoms with Gasteiger partial charge in [-0.05, 0) is 36.4 Å². The monoisotopic (exact) mass is 261 g/mol. The molecule has 0 aliphatic heterocycles. The molecular formula is C13H19N5O. The van der Waals surface area contributed by atoms with Crippen molar-refractivity contribution in [2.24, 2.45) is 7.05 Å². The van der Waals surface area contributed by atoms with Crippen molar-refractivity contribution in [2.75, 3.05) is 6.54 Å². The maximum atomic E-state index is 5.60. The van der Waals surface area contributed by atoms with Crippen molar-refractivity contribution < 1.29 is 4.74 Å². The maximum absolute atomic E-state index is 5.60. The molecule has 0 saturated heterocycles. The summed E-state index contributed by atoms with van der Waals surface area (Å²) in [5.74, 6) is 1.38. The molecule has 6 heteroatoms. The Hall–Kier alpha value is -1.95. The van der Waals surface area contributed by atoms with Crippen molar-refractivity contribution in [1.82, 2.24) is 25.5 Å². The highest BCUT2D eigenvalue weighted by atomic mass is 16.5. The molecule has 6 nitrogen and oxygen atoms in total. The average Bonchev–Trinajstić information content (AvgIpc) is 2.83. The van der Waals surface area contributed by atoms with E-state index in [4.69, 9.17) is 4.74 Å². The lowest BCUT2D eigenvalue weighted by atomic mass is 10.1. The molecule has 0 aliphatic carbocycles. The highest BCUT2D eigenvalue weighted by Gasteiger charge is 2.05. The number of aromatic nitrogens is 4. The van der Waals surface area contributed by atoms with E-state index in [9.17, 15) is 0 Å². The van der Waals surface area contributed by atoms with Gasteiger partial charge >= 0.3 is 0 Å². The lowest BCUT2D eigenvalue weighted by Crippen LogP contribution is -2.17. The fourth-order valence-corrected chi connectivity index (χ4v) is 1.81. The largest absolute Gasteiger partial charge is 0.485 e. The van der Waals surface area contributed by atoms with Crippen LogP contribution in [0.1, 0.15) is 31.3 Å². The first-order valence-corrected chi connectivity index (χ1v) is 6.38. The molecule has 2 rings (SSSR count). The number of ether oxygens (including phenoxy) is 1. The number of tetrazole rings is 1. The Balaban J connectivity index is 1.91. The van der Waals surface area contributed by atoms with Crippen molar-refractivity contribution in [3.63, 3.8) is 0 Å². The zero-order valence-corrected chi connectivity index (χ0v) is 11.5. The molecule has 102 valence electrons. The first-order valence-electron chi connectivity index (χ1n) is 6.38. The zero-order valence-electron chi connectivity index (χ0n) is 11.5. The summed E-state index contributed by atoms with van der Waals surface area (Å²) >= 11 is 0. The number of hydrogen-bond donors (Lipinski definition) is 1. The molecule has 0 bridgehead atoms. The quantitative estimate of drug-likeness (QED) is 0.852. The Labute approximate surface area is 112 Å². The van der Waals surface area contributed by atoms with Crippen molar-refractivity contribution in [3.05, 3.63) is 35.7 Å². The number of rotatable bonds is 6. The zero-order chi connectivity index (χ0) is 13.7. The van der Waals surface area contributed by atoms with Crippen LogP contribution >= 0.6 is 0 Å². The molecule has 19 heavy (non-hydrogen) atoms. The molecule has 1 unspecified atom stereocenters. The normalized spacial score (nSPS) is 12.4. The van der Waals surface area contributed by atoms with Gasteiger partial charge in [-0.15, -0.1) is 10.2 Å². The third kappa shape index (κ3) is 3.75. The summed E-state index contributed by atoms with van der Waals surface area (Å²) in [6.45, 7) is 5.53. The van der Waals surface area contributed by atoms with E-state index in [0.717, 1.165) is 12.3 Å². The summed E-state index contributed by atoms with van der Waals surface area (Å²) in [6, 6.07) is 8.39. The van der Waals surface area contributed by atoms with Gasteiger partial charge in [0.1, 0.15) is 5.75 Å². The van der Waals surface area contributed by atoms with Gasteiger partial charge in [0.2, 0.25) is 5.82 Å². The summed E-state index contributed by atoms with van der Waals surface area (Å²) in [5.41, 5.74) is 1.24. The molecule has 1 N–H and O–H groups in total.